The summed E-state index contributed by atoms with van der Waals surface area (Å²) >= 11 is 13.0. The fraction of sp³-hybridized carbons (Fsp3) is 0.0769. The molecular weight excluding hydrogens is 471 g/mol. The van der Waals surface area contributed by atoms with E-state index in [0.717, 1.165) is 21.9 Å². The quantitative estimate of drug-likeness (QED) is 0.356. The normalized spacial score (nSPS) is 13.2. The molecule has 3 aromatic carbocycles. The summed E-state index contributed by atoms with van der Waals surface area (Å²) in [6.07, 6.45) is 3.71. The van der Waals surface area contributed by atoms with E-state index in [1.165, 1.54) is 5.01 Å². The Morgan fingerprint density at radius 3 is 2.47 bits per heavy atom. The fourth-order valence-electron chi connectivity index (χ4n) is 3.86. The number of ketones is 1. The Morgan fingerprint density at radius 1 is 1.00 bits per heavy atom. The summed E-state index contributed by atoms with van der Waals surface area (Å²) in [5.41, 5.74) is 3.12. The maximum Gasteiger partial charge on any atom is 0.342 e. The third-order valence-corrected chi connectivity index (χ3v) is 6.26. The van der Waals surface area contributed by atoms with Gasteiger partial charge in [0.15, 0.2) is 0 Å². The van der Waals surface area contributed by atoms with Gasteiger partial charge in [0.1, 0.15) is 5.69 Å². The molecule has 2 heterocycles. The number of halogens is 2. The number of benzene rings is 3. The van der Waals surface area contributed by atoms with Gasteiger partial charge in [-0.3, -0.25) is 9.78 Å². The van der Waals surface area contributed by atoms with E-state index in [2.05, 4.69) is 15.4 Å². The molecule has 1 aliphatic heterocycles. The number of rotatable bonds is 5. The number of carbonyl (C=O) groups excluding carboxylic acids is 2. The number of anilines is 1. The van der Waals surface area contributed by atoms with Crippen LogP contribution < -0.4 is 10.3 Å². The van der Waals surface area contributed by atoms with E-state index in [0.29, 0.717) is 40.0 Å². The third-order valence-electron chi connectivity index (χ3n) is 5.59. The summed E-state index contributed by atoms with van der Waals surface area (Å²) in [5.74, 6) is -0.135. The molecule has 6 nitrogen and oxygen atoms in total. The highest BCUT2D eigenvalue weighted by Crippen LogP contribution is 2.33. The highest BCUT2D eigenvalue weighted by atomic mass is 35.5. The van der Waals surface area contributed by atoms with Crippen LogP contribution in [0.15, 0.2) is 78.0 Å². The summed E-state index contributed by atoms with van der Waals surface area (Å²) in [6, 6.07) is 19.9. The van der Waals surface area contributed by atoms with Crippen molar-refractivity contribution in [2.45, 2.75) is 6.42 Å². The zero-order chi connectivity index (χ0) is 23.7. The second-order valence-corrected chi connectivity index (χ2v) is 8.58. The minimum absolute atomic E-state index is 0.135. The minimum Gasteiger partial charge on any atom is -0.331 e. The number of urea groups is 1. The SMILES string of the molecule is O=C(c1ccc(Cc2c(Cl)cc(N3N=CCNC3=O)cc2Cl)cc1)c1nccc2ccccc12. The van der Waals surface area contributed by atoms with Gasteiger partial charge in [-0.2, -0.15) is 10.1 Å². The van der Waals surface area contributed by atoms with E-state index in [9.17, 15) is 9.59 Å². The first-order valence-electron chi connectivity index (χ1n) is 10.6. The smallest absolute Gasteiger partial charge is 0.331 e. The lowest BCUT2D eigenvalue weighted by molar-refractivity contribution is 0.103. The molecule has 0 aliphatic carbocycles. The monoisotopic (exact) mass is 488 g/mol. The van der Waals surface area contributed by atoms with Crippen LogP contribution >= 0.6 is 23.2 Å². The van der Waals surface area contributed by atoms with Gasteiger partial charge in [0.2, 0.25) is 5.78 Å². The maximum atomic E-state index is 13.1. The molecule has 1 aliphatic rings. The molecule has 5 rings (SSSR count). The van der Waals surface area contributed by atoms with E-state index >= 15 is 0 Å². The molecule has 4 aromatic rings. The van der Waals surface area contributed by atoms with Gasteiger partial charge in [-0.05, 0) is 34.7 Å². The van der Waals surface area contributed by atoms with Crippen LogP contribution in [0.1, 0.15) is 27.2 Å². The molecule has 0 saturated heterocycles. The van der Waals surface area contributed by atoms with E-state index < -0.39 is 0 Å². The highest BCUT2D eigenvalue weighted by Gasteiger charge is 2.20. The summed E-state index contributed by atoms with van der Waals surface area (Å²) < 4.78 is 0. The van der Waals surface area contributed by atoms with Gasteiger partial charge in [-0.1, -0.05) is 71.7 Å². The summed E-state index contributed by atoms with van der Waals surface area (Å²) in [4.78, 5) is 29.5. The molecule has 0 saturated carbocycles. The lowest BCUT2D eigenvalue weighted by Crippen LogP contribution is -2.41. The topological polar surface area (TPSA) is 74.7 Å². The number of nitrogens with one attached hydrogen (secondary N) is 1. The van der Waals surface area contributed by atoms with Crippen LogP contribution in [-0.2, 0) is 6.42 Å². The summed E-state index contributed by atoms with van der Waals surface area (Å²) in [6.45, 7) is 0.379. The Hall–Kier alpha value is -3.74. The van der Waals surface area contributed by atoms with E-state index in [1.54, 1.807) is 36.7 Å². The van der Waals surface area contributed by atoms with Crippen molar-refractivity contribution >= 4 is 57.7 Å². The molecule has 0 unspecified atom stereocenters. The molecule has 0 spiro atoms. The Kier molecular flexibility index (Phi) is 6.01. The molecule has 2 amide bonds. The van der Waals surface area contributed by atoms with Crippen molar-refractivity contribution in [3.8, 4) is 0 Å². The van der Waals surface area contributed by atoms with Gasteiger partial charge < -0.3 is 5.32 Å². The van der Waals surface area contributed by atoms with Crippen molar-refractivity contribution in [2.24, 2.45) is 5.10 Å². The van der Waals surface area contributed by atoms with Gasteiger partial charge in [-0.25, -0.2) is 4.79 Å². The number of fused-ring (bicyclic) bond motifs is 1. The average Bonchev–Trinajstić information content (AvgIpc) is 2.86. The Labute approximate surface area is 205 Å². The number of pyridine rings is 1. The minimum atomic E-state index is -0.344. The number of carbonyl (C=O) groups is 2. The molecule has 0 fully saturated rings. The molecule has 1 aromatic heterocycles. The summed E-state index contributed by atoms with van der Waals surface area (Å²) in [5, 5.41) is 10.6. The van der Waals surface area contributed by atoms with Crippen LogP contribution in [0.2, 0.25) is 10.0 Å². The van der Waals surface area contributed by atoms with Crippen molar-refractivity contribution in [3.05, 3.63) is 105 Å². The fourth-order valence-corrected chi connectivity index (χ4v) is 4.47. The van der Waals surface area contributed by atoms with E-state index in [-0.39, 0.29) is 11.8 Å². The maximum absolute atomic E-state index is 13.1. The molecule has 0 bridgehead atoms. The molecule has 8 heteroatoms. The van der Waals surface area contributed by atoms with Gasteiger partial charge in [0, 0.05) is 39.8 Å². The predicted octanol–water partition coefficient (Wildman–Crippen LogP) is 5.88. The standard InChI is InChI=1S/C26H18Cl2N4O2/c27-22-14-19(32-26(34)30-11-12-31-32)15-23(28)21(22)13-16-5-7-18(8-6-16)25(33)24-20-4-2-1-3-17(20)9-10-29-24/h1-10,12,14-15H,11,13H2,(H,30,34). The molecule has 0 atom stereocenters. The summed E-state index contributed by atoms with van der Waals surface area (Å²) in [7, 11) is 0. The average molecular weight is 489 g/mol. The molecule has 34 heavy (non-hydrogen) atoms. The second kappa shape index (κ2) is 9.25. The number of hydrogen-bond donors (Lipinski definition) is 1. The van der Waals surface area contributed by atoms with Crippen LogP contribution in [0.4, 0.5) is 10.5 Å². The molecular formula is C26H18Cl2N4O2. The first-order valence-corrected chi connectivity index (χ1v) is 11.3. The highest BCUT2D eigenvalue weighted by molar-refractivity contribution is 6.36. The Balaban J connectivity index is 1.38. The van der Waals surface area contributed by atoms with Crippen LogP contribution in [0.25, 0.3) is 10.8 Å². The first kappa shape index (κ1) is 22.1. The van der Waals surface area contributed by atoms with Gasteiger partial charge >= 0.3 is 6.03 Å². The van der Waals surface area contributed by atoms with Crippen molar-refractivity contribution < 1.29 is 9.59 Å². The third kappa shape index (κ3) is 4.25. The predicted molar refractivity (Wildman–Crippen MR) is 135 cm³/mol. The second-order valence-electron chi connectivity index (χ2n) is 7.77. The van der Waals surface area contributed by atoms with Crippen LogP contribution in [-0.4, -0.2) is 29.6 Å². The van der Waals surface area contributed by atoms with Crippen LogP contribution in [0, 0.1) is 0 Å². The Bertz CT molecular complexity index is 1420. The van der Waals surface area contributed by atoms with Gasteiger partial charge in [0.25, 0.3) is 0 Å². The zero-order valence-corrected chi connectivity index (χ0v) is 19.3. The van der Waals surface area contributed by atoms with E-state index in [1.807, 2.05) is 42.5 Å². The number of nitrogens with zero attached hydrogens (tertiary/aromatic N) is 3. The number of amides is 2. The van der Waals surface area contributed by atoms with Gasteiger partial charge in [-0.15, -0.1) is 0 Å². The van der Waals surface area contributed by atoms with Crippen molar-refractivity contribution in [2.75, 3.05) is 11.6 Å². The van der Waals surface area contributed by atoms with Crippen LogP contribution in [0.5, 0.6) is 0 Å². The van der Waals surface area contributed by atoms with Crippen molar-refractivity contribution in [1.29, 1.82) is 0 Å². The zero-order valence-electron chi connectivity index (χ0n) is 17.8. The van der Waals surface area contributed by atoms with Gasteiger partial charge in [0.05, 0.1) is 12.2 Å². The molecule has 0 radical (unpaired) electrons. The lowest BCUT2D eigenvalue weighted by atomic mass is 9.99. The molecule has 168 valence electrons. The lowest BCUT2D eigenvalue weighted by Gasteiger charge is -2.22. The first-order chi connectivity index (χ1) is 16.5. The van der Waals surface area contributed by atoms with Crippen LogP contribution in [0.3, 0.4) is 0 Å². The molecule has 1 N–H and O–H groups in total. The van der Waals surface area contributed by atoms with Crippen molar-refractivity contribution in [3.63, 3.8) is 0 Å². The number of aromatic nitrogens is 1. The largest absolute Gasteiger partial charge is 0.342 e. The van der Waals surface area contributed by atoms with E-state index in [4.69, 9.17) is 23.2 Å². The number of hydrogen-bond acceptors (Lipinski definition) is 4. The number of hydrazone groups is 1. The van der Waals surface area contributed by atoms with Crippen molar-refractivity contribution in [1.82, 2.24) is 10.3 Å². The Morgan fingerprint density at radius 2 is 1.74 bits per heavy atom.